The topological polar surface area (TPSA) is 51.8 Å². The summed E-state index contributed by atoms with van der Waals surface area (Å²) in [5.41, 5.74) is 5.17. The van der Waals surface area contributed by atoms with Gasteiger partial charge in [0.25, 0.3) is 0 Å². The molecule has 1 aromatic rings. The monoisotopic (exact) mass is 223 g/mol. The molecule has 0 saturated heterocycles. The first-order valence-electron chi connectivity index (χ1n) is 4.09. The van der Waals surface area contributed by atoms with E-state index in [1.54, 1.807) is 0 Å². The summed E-state index contributed by atoms with van der Waals surface area (Å²) in [5.74, 6) is -1.04. The van der Waals surface area contributed by atoms with Gasteiger partial charge in [0.1, 0.15) is 5.01 Å². The maximum absolute atomic E-state index is 12.2. The minimum atomic E-state index is -4.45. The van der Waals surface area contributed by atoms with Gasteiger partial charge >= 0.3 is 6.18 Å². The average molecular weight is 223 g/mol. The molecule has 1 aliphatic rings. The molecule has 0 atom stereocenters. The molecule has 14 heavy (non-hydrogen) atoms. The third-order valence-electron chi connectivity index (χ3n) is 2.38. The molecule has 0 aliphatic heterocycles. The van der Waals surface area contributed by atoms with Crippen LogP contribution in [-0.2, 0) is 11.6 Å². The molecule has 0 amide bonds. The molecule has 0 spiro atoms. The van der Waals surface area contributed by atoms with Crippen LogP contribution < -0.4 is 5.73 Å². The minimum absolute atomic E-state index is 0.304. The number of halogens is 3. The highest BCUT2D eigenvalue weighted by molar-refractivity contribution is 7.05. The summed E-state index contributed by atoms with van der Waals surface area (Å²) in [6, 6.07) is 0. The maximum atomic E-state index is 12.2. The molecule has 1 aromatic heterocycles. The molecule has 0 unspecified atom stereocenters. The predicted molar refractivity (Wildman–Crippen MR) is 44.9 cm³/mol. The second kappa shape index (κ2) is 2.90. The molecule has 7 heteroatoms. The normalized spacial score (nSPS) is 19.7. The molecular formula is C7H8F3N3S. The lowest BCUT2D eigenvalue weighted by atomic mass is 10.1. The van der Waals surface area contributed by atoms with E-state index in [1.807, 2.05) is 0 Å². The van der Waals surface area contributed by atoms with Crippen molar-refractivity contribution in [3.8, 4) is 0 Å². The van der Waals surface area contributed by atoms with Crippen molar-refractivity contribution in [2.45, 2.75) is 24.4 Å². The van der Waals surface area contributed by atoms with E-state index in [9.17, 15) is 13.2 Å². The zero-order valence-electron chi connectivity index (χ0n) is 7.14. The summed E-state index contributed by atoms with van der Waals surface area (Å²) in [4.78, 5) is 3.49. The summed E-state index contributed by atoms with van der Waals surface area (Å²) in [5, 5.41) is 0.423. The minimum Gasteiger partial charge on any atom is -0.329 e. The molecule has 1 fully saturated rings. The number of hydrogen-bond acceptors (Lipinski definition) is 4. The van der Waals surface area contributed by atoms with Crippen LogP contribution in [0.4, 0.5) is 13.2 Å². The van der Waals surface area contributed by atoms with Gasteiger partial charge in [-0.25, -0.2) is 4.98 Å². The lowest BCUT2D eigenvalue weighted by Crippen LogP contribution is -2.20. The quantitative estimate of drug-likeness (QED) is 0.827. The largest absolute Gasteiger partial charge is 0.452 e. The average Bonchev–Trinajstić information content (AvgIpc) is 2.73. The van der Waals surface area contributed by atoms with Gasteiger partial charge in [-0.3, -0.25) is 0 Å². The van der Waals surface area contributed by atoms with E-state index in [1.165, 1.54) is 0 Å². The Labute approximate surface area is 82.3 Å². The molecule has 2 N–H and O–H groups in total. The highest BCUT2D eigenvalue weighted by Gasteiger charge is 2.47. The van der Waals surface area contributed by atoms with E-state index in [0.717, 1.165) is 24.4 Å². The Hall–Kier alpha value is -0.690. The van der Waals surface area contributed by atoms with Gasteiger partial charge in [0, 0.05) is 12.0 Å². The van der Waals surface area contributed by atoms with Gasteiger partial charge in [-0.15, -0.1) is 0 Å². The molecule has 1 saturated carbocycles. The molecule has 1 aliphatic carbocycles. The van der Waals surface area contributed by atoms with Gasteiger partial charge in [0.15, 0.2) is 0 Å². The Bertz CT molecular complexity index is 342. The van der Waals surface area contributed by atoms with Gasteiger partial charge in [-0.1, -0.05) is 0 Å². The van der Waals surface area contributed by atoms with E-state index in [-0.39, 0.29) is 5.41 Å². The van der Waals surface area contributed by atoms with Crippen molar-refractivity contribution in [1.82, 2.24) is 9.36 Å². The van der Waals surface area contributed by atoms with Gasteiger partial charge in [0.05, 0.1) is 0 Å². The van der Waals surface area contributed by atoms with Crippen LogP contribution in [0.15, 0.2) is 0 Å². The highest BCUT2D eigenvalue weighted by Crippen LogP contribution is 2.48. The van der Waals surface area contributed by atoms with E-state index in [2.05, 4.69) is 9.36 Å². The van der Waals surface area contributed by atoms with E-state index >= 15 is 0 Å². The lowest BCUT2D eigenvalue weighted by molar-refractivity contribution is -0.144. The summed E-state index contributed by atoms with van der Waals surface area (Å²) < 4.78 is 39.8. The van der Waals surface area contributed by atoms with Crippen LogP contribution in [0.3, 0.4) is 0 Å². The van der Waals surface area contributed by atoms with Crippen molar-refractivity contribution in [3.05, 3.63) is 10.8 Å². The van der Waals surface area contributed by atoms with Crippen molar-refractivity contribution in [3.63, 3.8) is 0 Å². The molecule has 3 nitrogen and oxygen atoms in total. The van der Waals surface area contributed by atoms with Crippen LogP contribution in [0.25, 0.3) is 0 Å². The first kappa shape index (κ1) is 9.85. The van der Waals surface area contributed by atoms with Crippen LogP contribution in [0.5, 0.6) is 0 Å². The lowest BCUT2D eigenvalue weighted by Gasteiger charge is -2.05. The Balaban J connectivity index is 2.27. The number of aromatic nitrogens is 2. The Morgan fingerprint density at radius 3 is 2.43 bits per heavy atom. The van der Waals surface area contributed by atoms with Crippen molar-refractivity contribution in [2.24, 2.45) is 5.73 Å². The van der Waals surface area contributed by atoms with Crippen LogP contribution >= 0.6 is 11.5 Å². The van der Waals surface area contributed by atoms with E-state index in [0.29, 0.717) is 11.6 Å². The fraction of sp³-hybridized carbons (Fsp3) is 0.714. The summed E-state index contributed by atoms with van der Waals surface area (Å²) in [6.07, 6.45) is -2.81. The molecule has 0 bridgehead atoms. The van der Waals surface area contributed by atoms with Crippen LogP contribution in [0.2, 0.25) is 0 Å². The van der Waals surface area contributed by atoms with Crippen molar-refractivity contribution >= 4 is 11.5 Å². The maximum Gasteiger partial charge on any atom is 0.452 e. The summed E-state index contributed by atoms with van der Waals surface area (Å²) >= 11 is 0.809. The smallest absolute Gasteiger partial charge is 0.329 e. The summed E-state index contributed by atoms with van der Waals surface area (Å²) in [7, 11) is 0. The van der Waals surface area contributed by atoms with Crippen LogP contribution in [-0.4, -0.2) is 15.9 Å². The van der Waals surface area contributed by atoms with Crippen molar-refractivity contribution in [2.75, 3.05) is 6.54 Å². The van der Waals surface area contributed by atoms with Crippen LogP contribution in [0.1, 0.15) is 23.7 Å². The second-order valence-electron chi connectivity index (χ2n) is 3.41. The molecular weight excluding hydrogens is 215 g/mol. The first-order chi connectivity index (χ1) is 6.48. The highest BCUT2D eigenvalue weighted by atomic mass is 32.1. The van der Waals surface area contributed by atoms with Crippen molar-refractivity contribution in [1.29, 1.82) is 0 Å². The van der Waals surface area contributed by atoms with Gasteiger partial charge in [0.2, 0.25) is 5.82 Å². The van der Waals surface area contributed by atoms with Gasteiger partial charge in [-0.2, -0.15) is 17.5 Å². The number of nitrogens with two attached hydrogens (primary N) is 1. The molecule has 0 aromatic carbocycles. The van der Waals surface area contributed by atoms with Crippen molar-refractivity contribution < 1.29 is 13.2 Å². The first-order valence-corrected chi connectivity index (χ1v) is 4.87. The third kappa shape index (κ3) is 1.50. The fourth-order valence-corrected chi connectivity index (χ4v) is 2.14. The van der Waals surface area contributed by atoms with E-state index < -0.39 is 12.0 Å². The predicted octanol–water partition coefficient (Wildman–Crippen LogP) is 1.55. The third-order valence-corrected chi connectivity index (χ3v) is 3.34. The molecule has 78 valence electrons. The Kier molecular flexibility index (Phi) is 2.04. The number of alkyl halides is 3. The number of nitrogens with zero attached hydrogens (tertiary/aromatic N) is 2. The Morgan fingerprint density at radius 1 is 1.43 bits per heavy atom. The number of rotatable bonds is 2. The molecule has 0 radical (unpaired) electrons. The summed E-state index contributed by atoms with van der Waals surface area (Å²) in [6.45, 7) is 0.347. The molecule has 2 rings (SSSR count). The van der Waals surface area contributed by atoms with Crippen LogP contribution in [0, 0.1) is 0 Å². The van der Waals surface area contributed by atoms with Gasteiger partial charge < -0.3 is 5.73 Å². The number of hydrogen-bond donors (Lipinski definition) is 1. The standard InChI is InChI=1S/C7H8F3N3S/c8-7(9,10)4-12-5(14-13-4)6(3-11)1-2-6/h1-3,11H2. The zero-order chi connectivity index (χ0) is 10.4. The SMILES string of the molecule is NCC1(c2nc(C(F)(F)F)ns2)CC1. The van der Waals surface area contributed by atoms with E-state index in [4.69, 9.17) is 5.73 Å². The zero-order valence-corrected chi connectivity index (χ0v) is 7.95. The Morgan fingerprint density at radius 2 is 2.07 bits per heavy atom. The fourth-order valence-electron chi connectivity index (χ4n) is 1.21. The second-order valence-corrected chi connectivity index (χ2v) is 4.16. The molecule has 1 heterocycles. The van der Waals surface area contributed by atoms with Gasteiger partial charge in [-0.05, 0) is 24.4 Å².